The Balaban J connectivity index is 2.09. The van der Waals surface area contributed by atoms with Crippen molar-refractivity contribution < 1.29 is 8.49 Å². The molecule has 0 bridgehead atoms. The molecule has 22 heavy (non-hydrogen) atoms. The first-order chi connectivity index (χ1) is 10.5. The zero-order chi connectivity index (χ0) is 15.9. The van der Waals surface area contributed by atoms with E-state index < -0.39 is 11.3 Å². The van der Waals surface area contributed by atoms with Crippen molar-refractivity contribution in [1.82, 2.24) is 0 Å². The average Bonchev–Trinajstić information content (AvgIpc) is 2.81. The van der Waals surface area contributed by atoms with E-state index in [4.69, 9.17) is 50.7 Å². The number of benzene rings is 2. The fourth-order valence-corrected chi connectivity index (χ4v) is 3.71. The summed E-state index contributed by atoms with van der Waals surface area (Å²) in [7, 11) is 0. The lowest BCUT2D eigenvalue weighted by atomic mass is 10.2. The maximum Gasteiger partial charge on any atom is 0.346 e. The van der Waals surface area contributed by atoms with Crippen LogP contribution in [-0.4, -0.2) is 10.0 Å². The van der Waals surface area contributed by atoms with Gasteiger partial charge in [0.25, 0.3) is 0 Å². The van der Waals surface area contributed by atoms with Crippen LogP contribution in [0.3, 0.4) is 0 Å². The van der Waals surface area contributed by atoms with Gasteiger partial charge in [0.05, 0.1) is 15.7 Å². The molecular formula is C13H6Cl4N2O2S. The summed E-state index contributed by atoms with van der Waals surface area (Å²) in [6.45, 7) is 0. The molecule has 0 aromatic heterocycles. The van der Waals surface area contributed by atoms with Crippen LogP contribution in [0.1, 0.15) is 5.56 Å². The molecule has 114 valence electrons. The molecule has 9 heteroatoms. The molecule has 0 saturated heterocycles. The minimum atomic E-state index is -1.86. The monoisotopic (exact) mass is 394 g/mol. The standard InChI is InChI=1S/C13H6Cl4N2O2S/c14-7-1-3-9(10(16)5-7)13-18-21-22(20)19(13)12-4-2-8(15)6-11(12)17/h1-6H. The van der Waals surface area contributed by atoms with E-state index in [2.05, 4.69) is 5.16 Å². The number of hydrogen-bond acceptors (Lipinski definition) is 3. The third kappa shape index (κ3) is 2.92. The maximum absolute atomic E-state index is 12.1. The van der Waals surface area contributed by atoms with Crippen molar-refractivity contribution in [2.45, 2.75) is 0 Å². The Labute approximate surface area is 149 Å². The molecule has 0 N–H and O–H groups in total. The highest BCUT2D eigenvalue weighted by Crippen LogP contribution is 2.35. The van der Waals surface area contributed by atoms with Crippen molar-refractivity contribution in [3.05, 3.63) is 62.1 Å². The van der Waals surface area contributed by atoms with Crippen LogP contribution in [0, 0.1) is 0 Å². The van der Waals surface area contributed by atoms with Gasteiger partial charge in [0, 0.05) is 15.6 Å². The zero-order valence-electron chi connectivity index (χ0n) is 10.6. The number of anilines is 1. The van der Waals surface area contributed by atoms with E-state index >= 15 is 0 Å². The minimum Gasteiger partial charge on any atom is -0.268 e. The second-order valence-electron chi connectivity index (χ2n) is 4.22. The van der Waals surface area contributed by atoms with Crippen LogP contribution in [0.15, 0.2) is 41.6 Å². The maximum atomic E-state index is 12.1. The molecule has 1 unspecified atom stereocenters. The van der Waals surface area contributed by atoms with Crippen molar-refractivity contribution in [3.63, 3.8) is 0 Å². The molecule has 0 spiro atoms. The van der Waals surface area contributed by atoms with Gasteiger partial charge in [0.2, 0.25) is 0 Å². The number of nitrogens with zero attached hydrogens (tertiary/aromatic N) is 2. The molecule has 0 amide bonds. The Hall–Kier alpha value is -0.980. The molecule has 0 radical (unpaired) electrons. The summed E-state index contributed by atoms with van der Waals surface area (Å²) in [5.74, 6) is 0.268. The van der Waals surface area contributed by atoms with Crippen LogP contribution < -0.4 is 4.31 Å². The molecule has 1 aliphatic rings. The minimum absolute atomic E-state index is 0.268. The van der Waals surface area contributed by atoms with Crippen LogP contribution in [0.25, 0.3) is 0 Å². The lowest BCUT2D eigenvalue weighted by Crippen LogP contribution is -2.29. The quantitative estimate of drug-likeness (QED) is 0.711. The summed E-state index contributed by atoms with van der Waals surface area (Å²) in [6.07, 6.45) is 0. The molecule has 4 nitrogen and oxygen atoms in total. The summed E-state index contributed by atoms with van der Waals surface area (Å²) in [4.78, 5) is 0. The Kier molecular flexibility index (Phi) is 4.52. The average molecular weight is 396 g/mol. The van der Waals surface area contributed by atoms with Gasteiger partial charge in [-0.25, -0.2) is 4.31 Å². The van der Waals surface area contributed by atoms with Crippen molar-refractivity contribution in [1.29, 1.82) is 0 Å². The van der Waals surface area contributed by atoms with E-state index in [1.165, 1.54) is 10.4 Å². The molecule has 1 aliphatic heterocycles. The normalized spacial score (nSPS) is 17.4. The number of rotatable bonds is 2. The fourth-order valence-electron chi connectivity index (χ4n) is 1.88. The van der Waals surface area contributed by atoms with Crippen LogP contribution in [0.5, 0.6) is 0 Å². The molecule has 0 saturated carbocycles. The van der Waals surface area contributed by atoms with E-state index in [0.717, 1.165) is 0 Å². The molecule has 0 fully saturated rings. The van der Waals surface area contributed by atoms with Crippen molar-refractivity contribution in [2.75, 3.05) is 4.31 Å². The Morgan fingerprint density at radius 3 is 2.23 bits per heavy atom. The first kappa shape index (κ1) is 15.9. The van der Waals surface area contributed by atoms with Crippen LogP contribution >= 0.6 is 46.4 Å². The van der Waals surface area contributed by atoms with Crippen molar-refractivity contribution in [2.24, 2.45) is 5.16 Å². The van der Waals surface area contributed by atoms with E-state index in [9.17, 15) is 4.21 Å². The predicted molar refractivity (Wildman–Crippen MR) is 91.2 cm³/mol. The van der Waals surface area contributed by atoms with E-state index in [-0.39, 0.29) is 5.84 Å². The largest absolute Gasteiger partial charge is 0.346 e. The smallest absolute Gasteiger partial charge is 0.268 e. The van der Waals surface area contributed by atoms with Gasteiger partial charge in [-0.15, -0.1) is 0 Å². The summed E-state index contributed by atoms with van der Waals surface area (Å²) < 4.78 is 18.3. The van der Waals surface area contributed by atoms with E-state index in [1.54, 1.807) is 30.3 Å². The number of amidine groups is 1. The highest BCUT2D eigenvalue weighted by atomic mass is 35.5. The lowest BCUT2D eigenvalue weighted by Gasteiger charge is -2.17. The second kappa shape index (κ2) is 6.26. The third-order valence-corrected chi connectivity index (χ3v) is 4.78. The number of hydrogen-bond donors (Lipinski definition) is 0. The topological polar surface area (TPSA) is 41.9 Å². The summed E-state index contributed by atoms with van der Waals surface area (Å²) >= 11 is 22.2. The van der Waals surface area contributed by atoms with Gasteiger partial charge in [-0.2, -0.15) is 4.21 Å². The lowest BCUT2D eigenvalue weighted by molar-refractivity contribution is 0.386. The van der Waals surface area contributed by atoms with E-state index in [0.29, 0.717) is 31.3 Å². The highest BCUT2D eigenvalue weighted by molar-refractivity contribution is 7.83. The summed E-state index contributed by atoms with van der Waals surface area (Å²) in [6, 6.07) is 9.65. The molecule has 1 atom stereocenters. The SMILES string of the molecule is O=S1ON=C(c2ccc(Cl)cc2Cl)N1c1ccc(Cl)cc1Cl. The second-order valence-corrected chi connectivity index (χ2v) is 6.86. The fraction of sp³-hybridized carbons (Fsp3) is 0. The Morgan fingerprint density at radius 2 is 1.59 bits per heavy atom. The van der Waals surface area contributed by atoms with Gasteiger partial charge in [-0.1, -0.05) is 46.4 Å². The van der Waals surface area contributed by atoms with E-state index in [1.807, 2.05) is 0 Å². The molecule has 1 heterocycles. The van der Waals surface area contributed by atoms with Gasteiger partial charge >= 0.3 is 11.3 Å². The molecule has 2 aromatic rings. The third-order valence-electron chi connectivity index (χ3n) is 2.83. The molecule has 3 rings (SSSR count). The van der Waals surface area contributed by atoms with Gasteiger partial charge in [-0.3, -0.25) is 4.28 Å². The highest BCUT2D eigenvalue weighted by Gasteiger charge is 2.32. The number of oxime groups is 1. The Morgan fingerprint density at radius 1 is 0.955 bits per heavy atom. The van der Waals surface area contributed by atoms with Crippen LogP contribution in [-0.2, 0) is 15.6 Å². The summed E-state index contributed by atoms with van der Waals surface area (Å²) in [5.41, 5.74) is 0.953. The van der Waals surface area contributed by atoms with Gasteiger partial charge in [-0.05, 0) is 41.6 Å². The van der Waals surface area contributed by atoms with Gasteiger partial charge < -0.3 is 0 Å². The van der Waals surface area contributed by atoms with Crippen LogP contribution in [0.2, 0.25) is 20.1 Å². The van der Waals surface area contributed by atoms with Gasteiger partial charge in [0.1, 0.15) is 0 Å². The van der Waals surface area contributed by atoms with Gasteiger partial charge in [0.15, 0.2) is 5.84 Å². The first-order valence-electron chi connectivity index (χ1n) is 5.85. The zero-order valence-corrected chi connectivity index (χ0v) is 14.4. The first-order valence-corrected chi connectivity index (χ1v) is 8.39. The predicted octanol–water partition coefficient (Wildman–Crippen LogP) is 5.08. The molecule has 2 aromatic carbocycles. The molecular weight excluding hydrogens is 390 g/mol. The van der Waals surface area contributed by atoms with Crippen molar-refractivity contribution >= 4 is 69.2 Å². The molecule has 0 aliphatic carbocycles. The van der Waals surface area contributed by atoms with Crippen LogP contribution in [0.4, 0.5) is 5.69 Å². The number of halogens is 4. The Bertz CT molecular complexity index is 813. The van der Waals surface area contributed by atoms with Crippen molar-refractivity contribution in [3.8, 4) is 0 Å². The summed E-state index contributed by atoms with van der Waals surface area (Å²) in [5, 5.41) is 5.42.